The highest BCUT2D eigenvalue weighted by molar-refractivity contribution is 5.97. The molecule has 2 aliphatic rings. The molecule has 3 aromatic carbocycles. The van der Waals surface area contributed by atoms with Crippen LogP contribution in [0.3, 0.4) is 0 Å². The fraction of sp³-hybridized carbons (Fsp3) is 0.333. The Morgan fingerprint density at radius 3 is 2.33 bits per heavy atom. The number of hydrogen-bond donors (Lipinski definition) is 2. The van der Waals surface area contributed by atoms with Gasteiger partial charge in [-0.2, -0.15) is 0 Å². The Morgan fingerprint density at radius 2 is 1.69 bits per heavy atom. The number of carboxylic acids is 1. The zero-order valence-electron chi connectivity index (χ0n) is 22.3. The van der Waals surface area contributed by atoms with Crippen molar-refractivity contribution in [3.63, 3.8) is 0 Å². The lowest BCUT2D eigenvalue weighted by atomic mass is 9.77. The Hall–Kier alpha value is -3.82. The van der Waals surface area contributed by atoms with Crippen LogP contribution in [0.15, 0.2) is 60.7 Å². The average molecular weight is 539 g/mol. The first-order valence-corrected chi connectivity index (χ1v) is 12.8. The van der Waals surface area contributed by atoms with E-state index in [1.54, 1.807) is 23.1 Å². The second-order valence-corrected chi connectivity index (χ2v) is 10.2. The van der Waals surface area contributed by atoms with Crippen LogP contribution < -0.4 is 15.8 Å². The van der Waals surface area contributed by atoms with Crippen molar-refractivity contribution in [2.75, 3.05) is 31.1 Å². The Labute approximate surface area is 226 Å². The molecular weight excluding hydrogens is 504 g/mol. The maximum absolute atomic E-state index is 13.9. The lowest BCUT2D eigenvalue weighted by molar-refractivity contribution is -0.118. The maximum Gasteiger partial charge on any atom is 0.335 e. The number of benzene rings is 3. The monoisotopic (exact) mass is 538 g/mol. The van der Waals surface area contributed by atoms with Crippen LogP contribution in [-0.2, 0) is 11.3 Å². The number of ether oxygens (including phenoxy) is 1. The molecular formula is C30H34F2N3O4+. The number of likely N-dealkylation sites (tertiary alicyclic amines) is 1. The van der Waals surface area contributed by atoms with Crippen LogP contribution in [0.1, 0.15) is 42.1 Å². The zero-order valence-corrected chi connectivity index (χ0v) is 22.3. The molecule has 5 rings (SSSR count). The third-order valence-electron chi connectivity index (χ3n) is 7.60. The standard InChI is InChI=1S/C30H30F2N2O4.H3N/c1-2-38-25-14-20(13-23(15-25)22-5-8-26(31)27(32)16-22)18-33-11-9-30(10-12-33)17-28(35)34(19-30)24-6-3-21(4-7-24)29(36)37;/h3-8,13-16H,2,9-12,17-19H2,1H3,(H,36,37);1H3/p+1. The first-order chi connectivity index (χ1) is 18.2. The van der Waals surface area contributed by atoms with E-state index in [2.05, 4.69) is 4.90 Å². The highest BCUT2D eigenvalue weighted by Gasteiger charge is 2.45. The Bertz CT molecular complexity index is 1350. The average Bonchev–Trinajstić information content (AvgIpc) is 3.22. The van der Waals surface area contributed by atoms with Gasteiger partial charge in [0.25, 0.3) is 0 Å². The van der Waals surface area contributed by atoms with Gasteiger partial charge in [0.05, 0.1) is 12.2 Å². The van der Waals surface area contributed by atoms with Crippen molar-refractivity contribution in [3.8, 4) is 16.9 Å². The van der Waals surface area contributed by atoms with Crippen molar-refractivity contribution < 1.29 is 28.2 Å². The lowest BCUT2D eigenvalue weighted by Crippen LogP contribution is -2.41. The van der Waals surface area contributed by atoms with Crippen molar-refractivity contribution in [2.45, 2.75) is 32.7 Å². The van der Waals surface area contributed by atoms with E-state index in [4.69, 9.17) is 9.84 Å². The van der Waals surface area contributed by atoms with E-state index in [0.717, 1.165) is 48.8 Å². The summed E-state index contributed by atoms with van der Waals surface area (Å²) in [6.45, 7) is 5.38. The number of piperidine rings is 1. The molecule has 0 unspecified atom stereocenters. The maximum atomic E-state index is 13.9. The fourth-order valence-electron chi connectivity index (χ4n) is 5.54. The molecule has 0 atom stereocenters. The van der Waals surface area contributed by atoms with Crippen LogP contribution in [0.25, 0.3) is 11.1 Å². The van der Waals surface area contributed by atoms with Crippen molar-refractivity contribution >= 4 is 17.6 Å². The summed E-state index contributed by atoms with van der Waals surface area (Å²) in [6, 6.07) is 16.2. The summed E-state index contributed by atoms with van der Waals surface area (Å²) >= 11 is 0. The van der Waals surface area contributed by atoms with E-state index >= 15 is 0 Å². The highest BCUT2D eigenvalue weighted by Crippen LogP contribution is 2.43. The number of carboxylic acid groups (broad SMARTS) is 1. The van der Waals surface area contributed by atoms with Gasteiger partial charge < -0.3 is 20.9 Å². The number of anilines is 1. The number of nitrogens with zero attached hydrogens (tertiary/aromatic N) is 2. The minimum Gasteiger partial charge on any atom is -0.494 e. The molecule has 2 aliphatic heterocycles. The third kappa shape index (κ3) is 6.10. The SMILES string of the molecule is CCOc1cc(CN2CCC3(CC2)CC(=O)N(c2ccc(C(=O)O)cc2)C3)cc(-c2ccc(F)c(F)c2)c1.[NH4+]. The molecule has 39 heavy (non-hydrogen) atoms. The molecule has 7 nitrogen and oxygen atoms in total. The van der Waals surface area contributed by atoms with Crippen LogP contribution in [0.2, 0.25) is 0 Å². The summed E-state index contributed by atoms with van der Waals surface area (Å²) in [5.74, 6) is -1.99. The van der Waals surface area contributed by atoms with Crippen LogP contribution >= 0.6 is 0 Å². The molecule has 2 heterocycles. The second-order valence-electron chi connectivity index (χ2n) is 10.2. The first kappa shape index (κ1) is 28.2. The summed E-state index contributed by atoms with van der Waals surface area (Å²) in [4.78, 5) is 28.2. The molecule has 2 saturated heterocycles. The van der Waals surface area contributed by atoms with E-state index < -0.39 is 17.6 Å². The summed E-state index contributed by atoms with van der Waals surface area (Å²) in [5.41, 5.74) is 3.22. The van der Waals surface area contributed by atoms with Gasteiger partial charge in [-0.3, -0.25) is 9.69 Å². The number of rotatable bonds is 7. The second kappa shape index (κ2) is 11.5. The molecule has 0 saturated carbocycles. The molecule has 9 heteroatoms. The topological polar surface area (TPSA) is 107 Å². The molecule has 0 radical (unpaired) electrons. The van der Waals surface area contributed by atoms with Gasteiger partial charge in [0.2, 0.25) is 5.91 Å². The highest BCUT2D eigenvalue weighted by atomic mass is 19.2. The number of carbonyl (C=O) groups is 2. The van der Waals surface area contributed by atoms with Crippen molar-refractivity contribution in [3.05, 3.63) is 83.4 Å². The van der Waals surface area contributed by atoms with Gasteiger partial charge in [-0.25, -0.2) is 13.6 Å². The van der Waals surface area contributed by atoms with E-state index in [1.807, 2.05) is 25.1 Å². The number of quaternary nitrogens is 1. The Balaban J connectivity index is 0.00000353. The minimum absolute atomic E-state index is 0. The summed E-state index contributed by atoms with van der Waals surface area (Å²) in [7, 11) is 0. The molecule has 3 aromatic rings. The van der Waals surface area contributed by atoms with E-state index in [-0.39, 0.29) is 23.0 Å². The number of aromatic carboxylic acids is 1. The van der Waals surface area contributed by atoms with Gasteiger partial charge in [0.15, 0.2) is 11.6 Å². The molecule has 1 amide bonds. The van der Waals surface area contributed by atoms with Gasteiger partial charge in [0, 0.05) is 25.2 Å². The summed E-state index contributed by atoms with van der Waals surface area (Å²) in [6.07, 6.45) is 2.24. The summed E-state index contributed by atoms with van der Waals surface area (Å²) < 4.78 is 33.1. The van der Waals surface area contributed by atoms with E-state index in [0.29, 0.717) is 37.4 Å². The molecule has 2 fully saturated rings. The lowest BCUT2D eigenvalue weighted by Gasteiger charge is -2.39. The van der Waals surface area contributed by atoms with Crippen LogP contribution in [0.4, 0.5) is 14.5 Å². The minimum atomic E-state index is -0.989. The van der Waals surface area contributed by atoms with Gasteiger partial charge >= 0.3 is 5.97 Å². The third-order valence-corrected chi connectivity index (χ3v) is 7.60. The number of amides is 1. The van der Waals surface area contributed by atoms with Crippen LogP contribution in [0, 0.1) is 17.0 Å². The van der Waals surface area contributed by atoms with Gasteiger partial charge in [-0.05, 0) is 110 Å². The van der Waals surface area contributed by atoms with E-state index in [9.17, 15) is 18.4 Å². The van der Waals surface area contributed by atoms with Crippen LogP contribution in [0.5, 0.6) is 5.75 Å². The normalized spacial score (nSPS) is 16.8. The van der Waals surface area contributed by atoms with Gasteiger partial charge in [-0.1, -0.05) is 6.07 Å². The number of carbonyl (C=O) groups excluding carboxylic acids is 1. The summed E-state index contributed by atoms with van der Waals surface area (Å²) in [5, 5.41) is 9.14. The largest absolute Gasteiger partial charge is 0.494 e. The Morgan fingerprint density at radius 1 is 0.974 bits per heavy atom. The predicted octanol–water partition coefficient (Wildman–Crippen LogP) is 6.12. The molecule has 0 aromatic heterocycles. The van der Waals surface area contributed by atoms with Crippen molar-refractivity contribution in [1.29, 1.82) is 0 Å². The van der Waals surface area contributed by atoms with Gasteiger partial charge in [0.1, 0.15) is 5.75 Å². The number of hydrogen-bond acceptors (Lipinski definition) is 4. The van der Waals surface area contributed by atoms with Crippen LogP contribution in [-0.4, -0.2) is 48.1 Å². The molecule has 0 aliphatic carbocycles. The van der Waals surface area contributed by atoms with E-state index in [1.165, 1.54) is 18.2 Å². The van der Waals surface area contributed by atoms with Crippen molar-refractivity contribution in [2.24, 2.45) is 5.41 Å². The molecule has 1 spiro atoms. The fourth-order valence-corrected chi connectivity index (χ4v) is 5.54. The zero-order chi connectivity index (χ0) is 26.9. The quantitative estimate of drug-likeness (QED) is 0.377. The predicted molar refractivity (Wildman–Crippen MR) is 146 cm³/mol. The molecule has 206 valence electrons. The number of halogens is 2. The molecule has 0 bridgehead atoms. The Kier molecular flexibility index (Phi) is 8.32. The van der Waals surface area contributed by atoms with Crippen molar-refractivity contribution in [1.82, 2.24) is 11.1 Å². The molecule has 5 N–H and O–H groups in total. The first-order valence-electron chi connectivity index (χ1n) is 12.8. The van der Waals surface area contributed by atoms with Gasteiger partial charge in [-0.15, -0.1) is 0 Å². The smallest absolute Gasteiger partial charge is 0.335 e.